The van der Waals surface area contributed by atoms with Crippen LogP contribution in [0.5, 0.6) is 0 Å². The lowest BCUT2D eigenvalue weighted by molar-refractivity contribution is 0.198. The van der Waals surface area contributed by atoms with E-state index >= 15 is 0 Å². The van der Waals surface area contributed by atoms with Crippen LogP contribution in [0.15, 0.2) is 0 Å². The van der Waals surface area contributed by atoms with Gasteiger partial charge in [-0.25, -0.2) is 4.79 Å². The van der Waals surface area contributed by atoms with E-state index < -0.39 is 0 Å². The van der Waals surface area contributed by atoms with Crippen LogP contribution in [0.3, 0.4) is 0 Å². The van der Waals surface area contributed by atoms with Crippen molar-refractivity contribution in [2.75, 3.05) is 13.1 Å². The predicted molar refractivity (Wildman–Crippen MR) is 65.4 cm³/mol. The molecule has 2 rings (SSSR count). The molecule has 2 amide bonds. The van der Waals surface area contributed by atoms with E-state index in [0.717, 1.165) is 19.0 Å². The number of amides is 2. The van der Waals surface area contributed by atoms with Gasteiger partial charge in [0.05, 0.1) is 0 Å². The Hall–Kier alpha value is -0.730. The average Bonchev–Trinajstić information content (AvgIpc) is 3.05. The van der Waals surface area contributed by atoms with Gasteiger partial charge in [-0.15, -0.1) is 0 Å². The van der Waals surface area contributed by atoms with Crippen LogP contribution in [0.1, 0.15) is 51.9 Å². The maximum Gasteiger partial charge on any atom is 0.317 e. The molecule has 0 aromatic rings. The number of hydrogen-bond donors (Lipinski definition) is 1. The number of rotatable bonds is 3. The fraction of sp³-hybridized carbons (Fsp3) is 0.923. The molecule has 1 atom stereocenters. The maximum absolute atomic E-state index is 11.9. The minimum absolute atomic E-state index is 0.180. The van der Waals surface area contributed by atoms with Gasteiger partial charge in [0.25, 0.3) is 0 Å². The quantitative estimate of drug-likeness (QED) is 0.785. The van der Waals surface area contributed by atoms with E-state index in [1.807, 2.05) is 4.90 Å². The molecule has 1 aliphatic heterocycles. The average molecular weight is 224 g/mol. The summed E-state index contributed by atoms with van der Waals surface area (Å²) in [5, 5.41) is 3.09. The fourth-order valence-electron chi connectivity index (χ4n) is 2.56. The van der Waals surface area contributed by atoms with Crippen molar-refractivity contribution >= 4 is 6.03 Å². The van der Waals surface area contributed by atoms with Gasteiger partial charge in [0.1, 0.15) is 0 Å². The summed E-state index contributed by atoms with van der Waals surface area (Å²) in [5.41, 5.74) is 0. The van der Waals surface area contributed by atoms with Crippen molar-refractivity contribution in [1.29, 1.82) is 0 Å². The molecule has 1 saturated heterocycles. The van der Waals surface area contributed by atoms with E-state index in [-0.39, 0.29) is 6.03 Å². The molecule has 92 valence electrons. The molecule has 1 aliphatic carbocycles. The molecule has 3 nitrogen and oxygen atoms in total. The van der Waals surface area contributed by atoms with Crippen LogP contribution in [-0.2, 0) is 0 Å². The molecule has 0 spiro atoms. The van der Waals surface area contributed by atoms with Gasteiger partial charge in [0.15, 0.2) is 0 Å². The monoisotopic (exact) mass is 224 g/mol. The Morgan fingerprint density at radius 2 is 2.06 bits per heavy atom. The second-order valence-electron chi connectivity index (χ2n) is 5.30. The number of hydrogen-bond acceptors (Lipinski definition) is 1. The summed E-state index contributed by atoms with van der Waals surface area (Å²) < 4.78 is 0. The highest BCUT2D eigenvalue weighted by atomic mass is 16.2. The molecule has 0 radical (unpaired) electrons. The lowest BCUT2D eigenvalue weighted by atomic mass is 9.96. The number of urea groups is 1. The Bertz CT molecular complexity index is 238. The third-order valence-corrected chi connectivity index (χ3v) is 3.74. The highest BCUT2D eigenvalue weighted by Gasteiger charge is 2.27. The minimum Gasteiger partial charge on any atom is -0.335 e. The van der Waals surface area contributed by atoms with E-state index in [9.17, 15) is 4.79 Å². The third-order valence-electron chi connectivity index (χ3n) is 3.74. The smallest absolute Gasteiger partial charge is 0.317 e. The first-order valence-electron chi connectivity index (χ1n) is 6.85. The molecule has 0 aromatic carbocycles. The standard InChI is InChI=1S/C13H24N2O/c1-2-4-11-5-3-9-15(10-8-11)13(16)14-12-6-7-12/h11-12H,2-10H2,1H3,(H,14,16). The zero-order chi connectivity index (χ0) is 11.4. The molecule has 2 fully saturated rings. The minimum atomic E-state index is 0.180. The predicted octanol–water partition coefficient (Wildman–Crippen LogP) is 2.76. The molecule has 0 aromatic heterocycles. The zero-order valence-electron chi connectivity index (χ0n) is 10.4. The fourth-order valence-corrected chi connectivity index (χ4v) is 2.56. The highest BCUT2D eigenvalue weighted by Crippen LogP contribution is 2.23. The van der Waals surface area contributed by atoms with E-state index in [2.05, 4.69) is 12.2 Å². The third kappa shape index (κ3) is 3.39. The van der Waals surface area contributed by atoms with Gasteiger partial charge >= 0.3 is 6.03 Å². The topological polar surface area (TPSA) is 32.3 Å². The van der Waals surface area contributed by atoms with Gasteiger partial charge in [-0.3, -0.25) is 0 Å². The van der Waals surface area contributed by atoms with Crippen molar-refractivity contribution in [1.82, 2.24) is 10.2 Å². The summed E-state index contributed by atoms with van der Waals surface area (Å²) in [6, 6.07) is 0.668. The summed E-state index contributed by atoms with van der Waals surface area (Å²) in [6.07, 6.45) is 8.66. The summed E-state index contributed by atoms with van der Waals surface area (Å²) in [7, 11) is 0. The maximum atomic E-state index is 11.9. The Balaban J connectivity index is 1.75. The first kappa shape index (κ1) is 11.7. The van der Waals surface area contributed by atoms with Gasteiger partial charge in [-0.05, 0) is 38.0 Å². The van der Waals surface area contributed by atoms with Crippen LogP contribution in [0.2, 0.25) is 0 Å². The Kier molecular flexibility index (Phi) is 4.08. The summed E-state index contributed by atoms with van der Waals surface area (Å²) in [5.74, 6) is 0.851. The second-order valence-corrected chi connectivity index (χ2v) is 5.30. The van der Waals surface area contributed by atoms with Crippen molar-refractivity contribution in [2.45, 2.75) is 57.9 Å². The van der Waals surface area contributed by atoms with Gasteiger partial charge in [0.2, 0.25) is 0 Å². The lowest BCUT2D eigenvalue weighted by Gasteiger charge is -2.21. The summed E-state index contributed by atoms with van der Waals surface area (Å²) in [4.78, 5) is 13.9. The van der Waals surface area contributed by atoms with E-state index in [1.165, 1.54) is 44.9 Å². The number of likely N-dealkylation sites (tertiary alicyclic amines) is 1. The van der Waals surface area contributed by atoms with Crippen LogP contribution < -0.4 is 5.32 Å². The lowest BCUT2D eigenvalue weighted by Crippen LogP contribution is -2.41. The van der Waals surface area contributed by atoms with Crippen LogP contribution in [-0.4, -0.2) is 30.1 Å². The normalized spacial score (nSPS) is 26.3. The van der Waals surface area contributed by atoms with Crippen molar-refractivity contribution in [3.8, 4) is 0 Å². The van der Waals surface area contributed by atoms with E-state index in [1.54, 1.807) is 0 Å². The first-order chi connectivity index (χ1) is 7.79. The first-order valence-corrected chi connectivity index (χ1v) is 6.85. The van der Waals surface area contributed by atoms with Crippen LogP contribution in [0.4, 0.5) is 4.79 Å². The number of nitrogens with zero attached hydrogens (tertiary/aromatic N) is 1. The van der Waals surface area contributed by atoms with Crippen molar-refractivity contribution in [2.24, 2.45) is 5.92 Å². The molecule has 3 heteroatoms. The van der Waals surface area contributed by atoms with Gasteiger partial charge in [-0.2, -0.15) is 0 Å². The Labute approximate surface area is 98.6 Å². The van der Waals surface area contributed by atoms with Gasteiger partial charge in [-0.1, -0.05) is 19.8 Å². The van der Waals surface area contributed by atoms with Crippen molar-refractivity contribution in [3.05, 3.63) is 0 Å². The molecule has 2 aliphatic rings. The number of nitrogens with one attached hydrogen (secondary N) is 1. The SMILES string of the molecule is CCCC1CCCN(C(=O)NC2CC2)CC1. The molecule has 1 N–H and O–H groups in total. The Morgan fingerprint density at radius 3 is 2.75 bits per heavy atom. The molecule has 16 heavy (non-hydrogen) atoms. The number of carbonyl (C=O) groups is 1. The highest BCUT2D eigenvalue weighted by molar-refractivity contribution is 5.74. The van der Waals surface area contributed by atoms with Gasteiger partial charge < -0.3 is 10.2 Å². The molecular weight excluding hydrogens is 200 g/mol. The van der Waals surface area contributed by atoms with Crippen LogP contribution in [0, 0.1) is 5.92 Å². The molecule has 1 saturated carbocycles. The van der Waals surface area contributed by atoms with Crippen LogP contribution >= 0.6 is 0 Å². The molecular formula is C13H24N2O. The summed E-state index contributed by atoms with van der Waals surface area (Å²) in [6.45, 7) is 4.17. The van der Waals surface area contributed by atoms with E-state index in [4.69, 9.17) is 0 Å². The second kappa shape index (κ2) is 5.55. The zero-order valence-corrected chi connectivity index (χ0v) is 10.4. The largest absolute Gasteiger partial charge is 0.335 e. The van der Waals surface area contributed by atoms with Crippen molar-refractivity contribution < 1.29 is 4.79 Å². The van der Waals surface area contributed by atoms with Gasteiger partial charge in [0, 0.05) is 19.1 Å². The molecule has 1 heterocycles. The Morgan fingerprint density at radius 1 is 1.25 bits per heavy atom. The summed E-state index contributed by atoms with van der Waals surface area (Å²) >= 11 is 0. The van der Waals surface area contributed by atoms with Crippen molar-refractivity contribution in [3.63, 3.8) is 0 Å². The number of carbonyl (C=O) groups excluding carboxylic acids is 1. The van der Waals surface area contributed by atoms with E-state index in [0.29, 0.717) is 6.04 Å². The van der Waals surface area contributed by atoms with Crippen LogP contribution in [0.25, 0.3) is 0 Å². The molecule has 0 bridgehead atoms. The molecule has 1 unspecified atom stereocenters.